The average Bonchev–Trinajstić information content (AvgIpc) is 3.23. The van der Waals surface area contributed by atoms with Crippen molar-refractivity contribution in [1.29, 1.82) is 0 Å². The van der Waals surface area contributed by atoms with Gasteiger partial charge in [0.05, 0.1) is 21.4 Å². The number of carboxylic acids is 2. The van der Waals surface area contributed by atoms with Gasteiger partial charge in [0, 0.05) is 11.4 Å². The number of hydrogen-bond donors (Lipinski definition) is 4. The summed E-state index contributed by atoms with van der Waals surface area (Å²) in [7, 11) is -7.26. The highest BCUT2D eigenvalue weighted by atomic mass is 32.2. The number of aryl methyl sites for hydroxylation is 4. The Labute approximate surface area is 352 Å². The van der Waals surface area contributed by atoms with E-state index in [0.29, 0.717) is 24.2 Å². The van der Waals surface area contributed by atoms with Crippen LogP contribution in [0.2, 0.25) is 0 Å². The van der Waals surface area contributed by atoms with E-state index in [-0.39, 0.29) is 21.4 Å². The highest BCUT2D eigenvalue weighted by Crippen LogP contribution is 2.25. The van der Waals surface area contributed by atoms with Gasteiger partial charge >= 0.3 is 11.9 Å². The smallest absolute Gasteiger partial charge is 0.335 e. The third-order valence-corrected chi connectivity index (χ3v) is 11.9. The molecule has 6 rings (SSSR count). The van der Waals surface area contributed by atoms with Crippen LogP contribution in [0.5, 0.6) is 0 Å². The summed E-state index contributed by atoms with van der Waals surface area (Å²) in [5.74, 6) is -1.88. The molecular formula is C48H48N2O8S2. The molecule has 6 aromatic carbocycles. The van der Waals surface area contributed by atoms with Gasteiger partial charge in [-0.2, -0.15) is 0 Å². The number of carboxylic acid groups (broad SMARTS) is 2. The number of anilines is 2. The van der Waals surface area contributed by atoms with Crippen molar-refractivity contribution in [1.82, 2.24) is 0 Å². The summed E-state index contributed by atoms with van der Waals surface area (Å²) >= 11 is 0. The van der Waals surface area contributed by atoms with E-state index >= 15 is 0 Å². The number of aromatic carboxylic acids is 2. The molecule has 310 valence electrons. The molecule has 0 amide bonds. The van der Waals surface area contributed by atoms with Crippen molar-refractivity contribution in [3.8, 4) is 0 Å². The van der Waals surface area contributed by atoms with Gasteiger partial charge in [0.25, 0.3) is 20.0 Å². The first-order valence-corrected chi connectivity index (χ1v) is 22.2. The lowest BCUT2D eigenvalue weighted by molar-refractivity contribution is 0.0686. The second-order valence-electron chi connectivity index (χ2n) is 15.1. The van der Waals surface area contributed by atoms with Gasteiger partial charge in [-0.25, -0.2) is 26.4 Å². The molecule has 0 bridgehead atoms. The predicted octanol–water partition coefficient (Wildman–Crippen LogP) is 9.85. The number of rotatable bonds is 15. The number of sulfonamides is 2. The second kappa shape index (κ2) is 20.0. The maximum atomic E-state index is 12.7. The van der Waals surface area contributed by atoms with Gasteiger partial charge in [-0.1, -0.05) is 112 Å². The van der Waals surface area contributed by atoms with E-state index in [2.05, 4.69) is 30.2 Å². The highest BCUT2D eigenvalue weighted by Gasteiger charge is 2.18. The summed E-state index contributed by atoms with van der Waals surface area (Å²) in [4.78, 5) is 22.4. The monoisotopic (exact) mass is 844 g/mol. The Bertz CT molecular complexity index is 2640. The van der Waals surface area contributed by atoms with Crippen molar-refractivity contribution in [3.63, 3.8) is 0 Å². The van der Waals surface area contributed by atoms with Crippen molar-refractivity contribution < 1.29 is 36.6 Å². The van der Waals surface area contributed by atoms with Crippen LogP contribution in [0.3, 0.4) is 0 Å². The molecule has 0 aliphatic rings. The van der Waals surface area contributed by atoms with Crippen LogP contribution < -0.4 is 9.44 Å². The van der Waals surface area contributed by atoms with Crippen LogP contribution in [-0.4, -0.2) is 39.0 Å². The van der Waals surface area contributed by atoms with E-state index in [1.807, 2.05) is 78.9 Å². The molecule has 4 N–H and O–H groups in total. The lowest BCUT2D eigenvalue weighted by Crippen LogP contribution is -2.14. The van der Waals surface area contributed by atoms with E-state index in [9.17, 15) is 26.4 Å². The molecule has 6 aromatic rings. The zero-order chi connectivity index (χ0) is 43.3. The minimum Gasteiger partial charge on any atom is -0.478 e. The molecule has 0 spiro atoms. The Morgan fingerprint density at radius 3 is 1.43 bits per heavy atom. The molecule has 0 fully saturated rings. The van der Waals surface area contributed by atoms with Crippen LogP contribution in [0, 0.1) is 0 Å². The van der Waals surface area contributed by atoms with E-state index in [0.717, 1.165) is 51.6 Å². The molecule has 60 heavy (non-hydrogen) atoms. The summed E-state index contributed by atoms with van der Waals surface area (Å²) in [6, 6.07) is 44.3. The summed E-state index contributed by atoms with van der Waals surface area (Å²) in [5, 5.41) is 19.3. The Kier molecular flexibility index (Phi) is 14.8. The van der Waals surface area contributed by atoms with Crippen LogP contribution in [-0.2, 0) is 51.1 Å². The first-order chi connectivity index (χ1) is 28.5. The number of hydrogen-bond acceptors (Lipinski definition) is 6. The Balaban J connectivity index is 0.000000228. The van der Waals surface area contributed by atoms with Crippen LogP contribution in [0.25, 0.3) is 6.08 Å². The lowest BCUT2D eigenvalue weighted by atomic mass is 9.87. The van der Waals surface area contributed by atoms with Gasteiger partial charge in [-0.05, 0) is 131 Å². The molecule has 0 aliphatic heterocycles. The fraction of sp³-hybridized carbons (Fsp3) is 0.167. The largest absolute Gasteiger partial charge is 0.478 e. The van der Waals surface area contributed by atoms with Crippen LogP contribution >= 0.6 is 0 Å². The van der Waals surface area contributed by atoms with Crippen molar-refractivity contribution in [2.24, 2.45) is 0 Å². The molecule has 10 nitrogen and oxygen atoms in total. The molecule has 12 heteroatoms. The second-order valence-corrected chi connectivity index (χ2v) is 18.4. The Hall–Kier alpha value is -6.50. The molecule has 0 aliphatic carbocycles. The Morgan fingerprint density at radius 2 is 0.983 bits per heavy atom. The molecular weight excluding hydrogens is 797 g/mol. The minimum atomic E-state index is -3.66. The van der Waals surface area contributed by atoms with E-state index in [4.69, 9.17) is 10.2 Å². The van der Waals surface area contributed by atoms with Gasteiger partial charge in [0.2, 0.25) is 0 Å². The van der Waals surface area contributed by atoms with Gasteiger partial charge < -0.3 is 10.2 Å². The van der Waals surface area contributed by atoms with E-state index in [1.54, 1.807) is 78.9 Å². The van der Waals surface area contributed by atoms with Gasteiger partial charge in [-0.3, -0.25) is 9.44 Å². The van der Waals surface area contributed by atoms with Gasteiger partial charge in [0.15, 0.2) is 0 Å². The fourth-order valence-electron chi connectivity index (χ4n) is 6.05. The molecule has 0 heterocycles. The molecule has 0 unspecified atom stereocenters. The third-order valence-electron chi connectivity index (χ3n) is 9.44. The first kappa shape index (κ1) is 44.6. The zero-order valence-electron chi connectivity index (χ0n) is 33.6. The highest BCUT2D eigenvalue weighted by molar-refractivity contribution is 7.95. The molecule has 0 atom stereocenters. The number of carbonyl (C=O) groups is 2. The van der Waals surface area contributed by atoms with Gasteiger partial charge in [-0.15, -0.1) is 0 Å². The summed E-state index contributed by atoms with van der Waals surface area (Å²) < 4.78 is 54.9. The SMILES string of the molecule is CC(C)(C)c1ccc(S(=O)(=O)Nc2ccc(CCc3cccc(C(=O)O)c3)cc2)cc1.O=C(O)c1cccc(CCc2ccc(NS(=O)(=O)/C=C/c3ccccc3)cc2)c1. The maximum absolute atomic E-state index is 12.7. The summed E-state index contributed by atoms with van der Waals surface area (Å²) in [5.41, 5.74) is 7.34. The molecule has 0 saturated carbocycles. The van der Waals surface area contributed by atoms with Crippen LogP contribution in [0.1, 0.15) is 74.9 Å². The molecule has 0 saturated heterocycles. The fourth-order valence-corrected chi connectivity index (χ4v) is 7.98. The van der Waals surface area contributed by atoms with Crippen molar-refractivity contribution >= 4 is 49.4 Å². The number of benzene rings is 6. The zero-order valence-corrected chi connectivity index (χ0v) is 35.2. The van der Waals surface area contributed by atoms with Crippen molar-refractivity contribution in [3.05, 3.63) is 202 Å². The normalized spacial score (nSPS) is 11.7. The Morgan fingerprint density at radius 1 is 0.533 bits per heavy atom. The first-order valence-electron chi connectivity index (χ1n) is 19.2. The van der Waals surface area contributed by atoms with Crippen molar-refractivity contribution in [2.75, 3.05) is 9.44 Å². The van der Waals surface area contributed by atoms with Crippen LogP contribution in [0.15, 0.2) is 162 Å². The minimum absolute atomic E-state index is 0.0412. The summed E-state index contributed by atoms with van der Waals surface area (Å²) in [6.07, 6.45) is 4.40. The van der Waals surface area contributed by atoms with Crippen molar-refractivity contribution in [2.45, 2.75) is 56.8 Å². The predicted molar refractivity (Wildman–Crippen MR) is 238 cm³/mol. The number of nitrogens with one attached hydrogen (secondary N) is 2. The standard InChI is InChI=1S/C25H27NO4S.C23H21NO4S/c1-25(2,3)21-11-15-23(16-12-21)31(29,30)26-22-13-9-18(10-14-22)7-8-19-5-4-6-20(17-19)24(27)28;25-23(26)21-8-4-7-20(17-21)10-9-19-11-13-22(14-12-19)24-29(27,28)16-15-18-5-2-1-3-6-18/h4-6,9-17,26H,7-8H2,1-3H3,(H,27,28);1-8,11-17,24H,9-10H2,(H,25,26)/b;16-15+. The van der Waals surface area contributed by atoms with Gasteiger partial charge in [0.1, 0.15) is 0 Å². The lowest BCUT2D eigenvalue weighted by Gasteiger charge is -2.19. The molecule has 0 radical (unpaired) electrons. The average molecular weight is 845 g/mol. The van der Waals surface area contributed by atoms with Crippen LogP contribution in [0.4, 0.5) is 11.4 Å². The van der Waals surface area contributed by atoms with E-state index < -0.39 is 32.0 Å². The third kappa shape index (κ3) is 13.8. The maximum Gasteiger partial charge on any atom is 0.335 e. The van der Waals surface area contributed by atoms with E-state index in [1.165, 1.54) is 0 Å². The topological polar surface area (TPSA) is 167 Å². The molecule has 0 aromatic heterocycles. The quantitative estimate of drug-likeness (QED) is 0.0793. The summed E-state index contributed by atoms with van der Waals surface area (Å²) in [6.45, 7) is 6.25.